The van der Waals surface area contributed by atoms with Crippen LogP contribution in [0.2, 0.25) is 0 Å². The molecule has 0 saturated carbocycles. The maximum absolute atomic E-state index is 12.7. The van der Waals surface area contributed by atoms with Gasteiger partial charge in [0.05, 0.1) is 10.8 Å². The molecule has 0 unspecified atom stereocenters. The van der Waals surface area contributed by atoms with Gasteiger partial charge in [-0.05, 0) is 38.3 Å². The molecule has 0 spiro atoms. The number of sulfonamides is 1. The van der Waals surface area contributed by atoms with Crippen molar-refractivity contribution in [3.8, 4) is 0 Å². The molecule has 2 atom stereocenters. The van der Waals surface area contributed by atoms with E-state index < -0.39 is 16.1 Å². The molecule has 0 N–H and O–H groups in total. The molecule has 2 aliphatic rings. The number of benzene rings is 1. The molecule has 8 heteroatoms. The molecule has 3 rings (SSSR count). The summed E-state index contributed by atoms with van der Waals surface area (Å²) in [5.74, 6) is -0.805. The Hall–Kier alpha value is -2.19. The van der Waals surface area contributed by atoms with Gasteiger partial charge < -0.3 is 9.64 Å². The van der Waals surface area contributed by atoms with Crippen molar-refractivity contribution in [2.75, 3.05) is 26.2 Å². The fraction of sp³-hybridized carbons (Fsp3) is 0.500. The monoisotopic (exact) mass is 406 g/mol. The van der Waals surface area contributed by atoms with E-state index in [0.29, 0.717) is 6.42 Å². The Labute approximate surface area is 166 Å². The summed E-state index contributed by atoms with van der Waals surface area (Å²) in [6.45, 7) is 2.57. The minimum absolute atomic E-state index is 0.187. The molecule has 152 valence electrons. The minimum Gasteiger partial charge on any atom is -0.452 e. The summed E-state index contributed by atoms with van der Waals surface area (Å²) < 4.78 is 32.1. The van der Waals surface area contributed by atoms with Gasteiger partial charge in [-0.25, -0.2) is 8.42 Å². The van der Waals surface area contributed by atoms with Gasteiger partial charge in [0.15, 0.2) is 6.10 Å². The van der Waals surface area contributed by atoms with E-state index in [1.54, 1.807) is 42.2 Å². The number of rotatable bonds is 5. The number of ether oxygens (including phenoxy) is 1. The van der Waals surface area contributed by atoms with E-state index in [1.807, 2.05) is 12.2 Å². The maximum Gasteiger partial charge on any atom is 0.310 e. The van der Waals surface area contributed by atoms with E-state index in [-0.39, 0.29) is 48.9 Å². The summed E-state index contributed by atoms with van der Waals surface area (Å²) in [7, 11) is -3.56. The Balaban J connectivity index is 1.53. The van der Waals surface area contributed by atoms with Crippen LogP contribution >= 0.6 is 0 Å². The van der Waals surface area contributed by atoms with Gasteiger partial charge in [0.1, 0.15) is 0 Å². The Bertz CT molecular complexity index is 829. The van der Waals surface area contributed by atoms with Crippen LogP contribution in [0.15, 0.2) is 47.4 Å². The number of hydrogen-bond acceptors (Lipinski definition) is 5. The van der Waals surface area contributed by atoms with Gasteiger partial charge >= 0.3 is 5.97 Å². The number of hydrogen-bond donors (Lipinski definition) is 0. The van der Waals surface area contributed by atoms with Crippen LogP contribution in [-0.4, -0.2) is 61.8 Å². The van der Waals surface area contributed by atoms with Crippen LogP contribution in [0.1, 0.15) is 26.2 Å². The third-order valence-electron chi connectivity index (χ3n) is 5.17. The minimum atomic E-state index is -3.56. The lowest BCUT2D eigenvalue weighted by Gasteiger charge is -2.35. The first-order valence-electron chi connectivity index (χ1n) is 9.59. The summed E-state index contributed by atoms with van der Waals surface area (Å²) in [5.41, 5.74) is 0. The second-order valence-corrected chi connectivity index (χ2v) is 9.04. The Morgan fingerprint density at radius 3 is 2.36 bits per heavy atom. The first kappa shape index (κ1) is 20.5. The van der Waals surface area contributed by atoms with Gasteiger partial charge in [-0.1, -0.05) is 30.4 Å². The molecule has 1 aromatic rings. The molecule has 0 radical (unpaired) electrons. The van der Waals surface area contributed by atoms with Crippen LogP contribution in [0, 0.1) is 5.92 Å². The zero-order chi connectivity index (χ0) is 20.1. The molecular weight excluding hydrogens is 380 g/mol. The molecule has 1 saturated heterocycles. The normalized spacial score (nSPS) is 21.9. The van der Waals surface area contributed by atoms with Crippen molar-refractivity contribution in [1.82, 2.24) is 9.21 Å². The van der Waals surface area contributed by atoms with Gasteiger partial charge in [0.25, 0.3) is 5.91 Å². The largest absolute Gasteiger partial charge is 0.452 e. The number of carbonyl (C=O) groups is 2. The van der Waals surface area contributed by atoms with Crippen molar-refractivity contribution in [1.29, 1.82) is 0 Å². The van der Waals surface area contributed by atoms with E-state index in [1.165, 1.54) is 4.31 Å². The van der Waals surface area contributed by atoms with Gasteiger partial charge in [-0.15, -0.1) is 0 Å². The first-order valence-corrected chi connectivity index (χ1v) is 11.0. The fourth-order valence-corrected chi connectivity index (χ4v) is 4.92. The van der Waals surface area contributed by atoms with Crippen molar-refractivity contribution < 1.29 is 22.7 Å². The van der Waals surface area contributed by atoms with Crippen molar-refractivity contribution in [2.24, 2.45) is 5.92 Å². The highest BCUT2D eigenvalue weighted by atomic mass is 32.2. The van der Waals surface area contributed by atoms with Crippen molar-refractivity contribution in [3.63, 3.8) is 0 Å². The molecule has 7 nitrogen and oxygen atoms in total. The predicted octanol–water partition coefficient (Wildman–Crippen LogP) is 1.81. The van der Waals surface area contributed by atoms with E-state index in [2.05, 4.69) is 0 Å². The van der Waals surface area contributed by atoms with Crippen molar-refractivity contribution >= 4 is 21.9 Å². The van der Waals surface area contributed by atoms with Crippen LogP contribution in [0.3, 0.4) is 0 Å². The van der Waals surface area contributed by atoms with E-state index in [4.69, 9.17) is 4.74 Å². The third kappa shape index (κ3) is 4.62. The second-order valence-electron chi connectivity index (χ2n) is 7.10. The Kier molecular flexibility index (Phi) is 6.51. The molecule has 28 heavy (non-hydrogen) atoms. The smallest absolute Gasteiger partial charge is 0.310 e. The number of amides is 1. The first-order chi connectivity index (χ1) is 13.4. The number of allylic oxidation sites excluding steroid dienone is 2. The molecule has 1 fully saturated rings. The van der Waals surface area contributed by atoms with Crippen LogP contribution in [0.4, 0.5) is 0 Å². The molecular formula is C20H26N2O5S. The highest BCUT2D eigenvalue weighted by molar-refractivity contribution is 7.89. The van der Waals surface area contributed by atoms with Crippen molar-refractivity contribution in [3.05, 3.63) is 42.5 Å². The van der Waals surface area contributed by atoms with Gasteiger partial charge in [-0.2, -0.15) is 4.31 Å². The zero-order valence-corrected chi connectivity index (χ0v) is 16.8. The van der Waals surface area contributed by atoms with Gasteiger partial charge in [0.2, 0.25) is 10.0 Å². The van der Waals surface area contributed by atoms with Crippen molar-refractivity contribution in [2.45, 2.75) is 37.2 Å². The van der Waals surface area contributed by atoms with Crippen LogP contribution in [0.5, 0.6) is 0 Å². The fourth-order valence-electron chi connectivity index (χ4n) is 3.48. The lowest BCUT2D eigenvalue weighted by atomic mass is 9.95. The van der Waals surface area contributed by atoms with Gasteiger partial charge in [0, 0.05) is 26.2 Å². The van der Waals surface area contributed by atoms with Crippen LogP contribution in [-0.2, 0) is 24.3 Å². The van der Waals surface area contributed by atoms with E-state index in [9.17, 15) is 18.0 Å². The molecule has 1 aromatic carbocycles. The summed E-state index contributed by atoms with van der Waals surface area (Å²) in [4.78, 5) is 26.6. The molecule has 1 aliphatic carbocycles. The molecule has 1 aliphatic heterocycles. The summed E-state index contributed by atoms with van der Waals surface area (Å²) in [5, 5.41) is 0. The maximum atomic E-state index is 12.7. The molecule has 0 aromatic heterocycles. The van der Waals surface area contributed by atoms with Crippen LogP contribution < -0.4 is 0 Å². The Morgan fingerprint density at radius 2 is 1.75 bits per heavy atom. The average molecular weight is 407 g/mol. The standard InChI is InChI=1S/C20H26N2O5S/c1-16(27-20(24)17-8-4-2-5-9-17)19(23)21-12-14-22(15-13-21)28(25,26)18-10-6-3-7-11-18/h2-4,6-7,10-11,16-17H,5,8-9,12-15H2,1H3/t16-,17+/m0/s1. The lowest BCUT2D eigenvalue weighted by molar-refractivity contribution is -0.163. The lowest BCUT2D eigenvalue weighted by Crippen LogP contribution is -2.53. The second kappa shape index (κ2) is 8.87. The third-order valence-corrected chi connectivity index (χ3v) is 7.09. The number of esters is 1. The zero-order valence-electron chi connectivity index (χ0n) is 16.0. The highest BCUT2D eigenvalue weighted by Crippen LogP contribution is 2.21. The molecule has 1 amide bonds. The topological polar surface area (TPSA) is 84.0 Å². The number of nitrogens with zero attached hydrogens (tertiary/aromatic N) is 2. The van der Waals surface area contributed by atoms with Crippen LogP contribution in [0.25, 0.3) is 0 Å². The molecule has 1 heterocycles. The average Bonchev–Trinajstić information content (AvgIpc) is 2.74. The van der Waals surface area contributed by atoms with E-state index in [0.717, 1.165) is 12.8 Å². The molecule has 0 bridgehead atoms. The predicted molar refractivity (Wildman–Crippen MR) is 104 cm³/mol. The summed E-state index contributed by atoms with van der Waals surface area (Å²) >= 11 is 0. The SMILES string of the molecule is C[C@H](OC(=O)[C@@H]1CC=CCC1)C(=O)N1CCN(S(=O)(=O)c2ccccc2)CC1. The van der Waals surface area contributed by atoms with E-state index >= 15 is 0 Å². The quantitative estimate of drug-likeness (QED) is 0.550. The number of carbonyl (C=O) groups excluding carboxylic acids is 2. The van der Waals surface area contributed by atoms with Gasteiger partial charge in [-0.3, -0.25) is 9.59 Å². The summed E-state index contributed by atoms with van der Waals surface area (Å²) in [6.07, 6.45) is 5.38. The Morgan fingerprint density at radius 1 is 1.07 bits per heavy atom. The summed E-state index contributed by atoms with van der Waals surface area (Å²) in [6, 6.07) is 8.27. The number of piperazine rings is 1. The highest BCUT2D eigenvalue weighted by Gasteiger charge is 2.33.